The molecular weight excluding hydrogens is 267 g/mol. The van der Waals surface area contributed by atoms with Crippen LogP contribution < -0.4 is 0 Å². The van der Waals surface area contributed by atoms with Crippen molar-refractivity contribution in [1.82, 2.24) is 0 Å². The van der Waals surface area contributed by atoms with E-state index in [0.29, 0.717) is 16.5 Å². The van der Waals surface area contributed by atoms with Crippen molar-refractivity contribution in [3.05, 3.63) is 69.7 Å². The minimum absolute atomic E-state index is 0.192. The largest absolute Gasteiger partial charge is 0.303 e. The molecule has 0 aliphatic carbocycles. The molecular formula is C15H12Cl2O. The maximum Gasteiger partial charge on any atom is 0.127 e. The number of hydrogen-bond acceptors (Lipinski definition) is 1. The van der Waals surface area contributed by atoms with E-state index >= 15 is 0 Å². The van der Waals surface area contributed by atoms with Gasteiger partial charge in [0.2, 0.25) is 0 Å². The van der Waals surface area contributed by atoms with Crippen molar-refractivity contribution in [1.29, 1.82) is 0 Å². The molecule has 0 saturated heterocycles. The van der Waals surface area contributed by atoms with Gasteiger partial charge in [0.05, 0.1) is 0 Å². The predicted octanol–water partition coefficient (Wildman–Crippen LogP) is 4.52. The summed E-state index contributed by atoms with van der Waals surface area (Å²) < 4.78 is 0. The topological polar surface area (TPSA) is 17.1 Å². The van der Waals surface area contributed by atoms with Gasteiger partial charge < -0.3 is 4.79 Å². The smallest absolute Gasteiger partial charge is 0.127 e. The average molecular weight is 279 g/mol. The monoisotopic (exact) mass is 278 g/mol. The second kappa shape index (κ2) is 6.03. The summed E-state index contributed by atoms with van der Waals surface area (Å²) in [7, 11) is 0. The number of carbonyl (C=O) groups excluding carboxylic acids is 1. The van der Waals surface area contributed by atoms with E-state index in [1.54, 1.807) is 12.1 Å². The summed E-state index contributed by atoms with van der Waals surface area (Å²) in [6.07, 6.45) is 1.55. The van der Waals surface area contributed by atoms with Gasteiger partial charge >= 0.3 is 0 Å². The van der Waals surface area contributed by atoms with Gasteiger partial charge in [-0.1, -0.05) is 53.5 Å². The first-order valence-corrected chi connectivity index (χ1v) is 6.40. The fourth-order valence-corrected chi connectivity index (χ4v) is 2.19. The van der Waals surface area contributed by atoms with Crippen molar-refractivity contribution in [2.75, 3.05) is 0 Å². The first-order valence-electron chi connectivity index (χ1n) is 5.65. The second-order valence-electron chi connectivity index (χ2n) is 4.09. The van der Waals surface area contributed by atoms with Gasteiger partial charge in [-0.3, -0.25) is 0 Å². The standard InChI is InChI=1S/C15H12Cl2O/c16-14-7-5-11(6-8-14)13(10-18)9-12-3-1-2-4-15(12)17/h1-8,10,13H,9H2. The SMILES string of the molecule is O=CC(Cc1ccccc1Cl)c1ccc(Cl)cc1. The lowest BCUT2D eigenvalue weighted by molar-refractivity contribution is -0.109. The van der Waals surface area contributed by atoms with Crippen LogP contribution in [-0.4, -0.2) is 6.29 Å². The Balaban J connectivity index is 2.22. The van der Waals surface area contributed by atoms with E-state index in [4.69, 9.17) is 23.2 Å². The average Bonchev–Trinajstić information content (AvgIpc) is 2.39. The van der Waals surface area contributed by atoms with Crippen LogP contribution in [0.25, 0.3) is 0 Å². The summed E-state index contributed by atoms with van der Waals surface area (Å²) >= 11 is 11.9. The molecule has 0 N–H and O–H groups in total. The molecule has 0 radical (unpaired) electrons. The molecule has 92 valence electrons. The third-order valence-electron chi connectivity index (χ3n) is 2.86. The molecule has 0 amide bonds. The minimum Gasteiger partial charge on any atom is -0.303 e. The molecule has 18 heavy (non-hydrogen) atoms. The van der Waals surface area contributed by atoms with Gasteiger partial charge in [-0.15, -0.1) is 0 Å². The van der Waals surface area contributed by atoms with Crippen molar-refractivity contribution >= 4 is 29.5 Å². The Kier molecular flexibility index (Phi) is 4.40. The normalized spacial score (nSPS) is 12.1. The van der Waals surface area contributed by atoms with Crippen molar-refractivity contribution in [3.63, 3.8) is 0 Å². The Bertz CT molecular complexity index is 534. The maximum absolute atomic E-state index is 11.2. The highest BCUT2D eigenvalue weighted by Crippen LogP contribution is 2.24. The van der Waals surface area contributed by atoms with Crippen molar-refractivity contribution in [2.45, 2.75) is 12.3 Å². The summed E-state index contributed by atoms with van der Waals surface area (Å²) in [5.41, 5.74) is 1.93. The Hall–Kier alpha value is -1.31. The maximum atomic E-state index is 11.2. The first-order chi connectivity index (χ1) is 8.70. The Morgan fingerprint density at radius 3 is 2.28 bits per heavy atom. The van der Waals surface area contributed by atoms with Crippen LogP contribution in [0.5, 0.6) is 0 Å². The quantitative estimate of drug-likeness (QED) is 0.752. The molecule has 0 heterocycles. The van der Waals surface area contributed by atoms with E-state index in [1.165, 1.54) is 0 Å². The van der Waals surface area contributed by atoms with Crippen LogP contribution in [0.15, 0.2) is 48.5 Å². The van der Waals surface area contributed by atoms with Crippen molar-refractivity contribution in [3.8, 4) is 0 Å². The van der Waals surface area contributed by atoms with E-state index in [-0.39, 0.29) is 5.92 Å². The van der Waals surface area contributed by atoms with Crippen LogP contribution in [0.1, 0.15) is 17.0 Å². The molecule has 0 spiro atoms. The Labute approximate surface area is 116 Å². The molecule has 2 aromatic carbocycles. The van der Waals surface area contributed by atoms with Crippen molar-refractivity contribution < 1.29 is 4.79 Å². The predicted molar refractivity (Wildman–Crippen MR) is 75.4 cm³/mol. The summed E-state index contributed by atoms with van der Waals surface area (Å²) in [6.45, 7) is 0. The molecule has 3 heteroatoms. The summed E-state index contributed by atoms with van der Waals surface area (Å²) in [4.78, 5) is 11.2. The van der Waals surface area contributed by atoms with Gasteiger partial charge in [-0.25, -0.2) is 0 Å². The minimum atomic E-state index is -0.192. The summed E-state index contributed by atoms with van der Waals surface area (Å²) in [6, 6.07) is 14.9. The Morgan fingerprint density at radius 1 is 1.00 bits per heavy atom. The van der Waals surface area contributed by atoms with Gasteiger partial charge in [0.25, 0.3) is 0 Å². The van der Waals surface area contributed by atoms with Crippen LogP contribution in [0.4, 0.5) is 0 Å². The third kappa shape index (κ3) is 3.12. The molecule has 0 aromatic heterocycles. The molecule has 0 bridgehead atoms. The fourth-order valence-electron chi connectivity index (χ4n) is 1.86. The number of aldehydes is 1. The highest BCUT2D eigenvalue weighted by molar-refractivity contribution is 6.31. The zero-order valence-electron chi connectivity index (χ0n) is 9.64. The zero-order valence-corrected chi connectivity index (χ0v) is 11.2. The van der Waals surface area contributed by atoms with Gasteiger partial charge in [-0.05, 0) is 35.7 Å². The lowest BCUT2D eigenvalue weighted by Gasteiger charge is -2.12. The number of halogens is 2. The highest BCUT2D eigenvalue weighted by Gasteiger charge is 2.12. The number of carbonyl (C=O) groups is 1. The number of hydrogen-bond donors (Lipinski definition) is 0. The van der Waals surface area contributed by atoms with Crippen LogP contribution in [-0.2, 0) is 11.2 Å². The zero-order chi connectivity index (χ0) is 13.0. The van der Waals surface area contributed by atoms with Crippen LogP contribution in [0.2, 0.25) is 10.0 Å². The van der Waals surface area contributed by atoms with Crippen LogP contribution in [0, 0.1) is 0 Å². The number of benzene rings is 2. The third-order valence-corrected chi connectivity index (χ3v) is 3.48. The molecule has 0 saturated carbocycles. The molecule has 1 unspecified atom stereocenters. The van der Waals surface area contributed by atoms with E-state index in [2.05, 4.69) is 0 Å². The summed E-state index contributed by atoms with van der Waals surface area (Å²) in [5.74, 6) is -0.192. The summed E-state index contributed by atoms with van der Waals surface area (Å²) in [5, 5.41) is 1.36. The molecule has 1 atom stereocenters. The van der Waals surface area contributed by atoms with E-state index in [0.717, 1.165) is 17.4 Å². The van der Waals surface area contributed by atoms with Crippen LogP contribution in [0.3, 0.4) is 0 Å². The number of rotatable bonds is 4. The van der Waals surface area contributed by atoms with Gasteiger partial charge in [0.1, 0.15) is 6.29 Å². The first kappa shape index (κ1) is 13.1. The van der Waals surface area contributed by atoms with E-state index in [1.807, 2.05) is 36.4 Å². The fraction of sp³-hybridized carbons (Fsp3) is 0.133. The lowest BCUT2D eigenvalue weighted by atomic mass is 9.93. The van der Waals surface area contributed by atoms with Crippen LogP contribution >= 0.6 is 23.2 Å². The van der Waals surface area contributed by atoms with Gasteiger partial charge in [-0.2, -0.15) is 0 Å². The van der Waals surface area contributed by atoms with Gasteiger partial charge in [0.15, 0.2) is 0 Å². The van der Waals surface area contributed by atoms with Gasteiger partial charge in [0, 0.05) is 16.0 Å². The lowest BCUT2D eigenvalue weighted by Crippen LogP contribution is -2.04. The molecule has 0 aliphatic heterocycles. The second-order valence-corrected chi connectivity index (χ2v) is 4.93. The molecule has 0 aliphatic rings. The molecule has 2 aromatic rings. The van der Waals surface area contributed by atoms with Crippen molar-refractivity contribution in [2.24, 2.45) is 0 Å². The molecule has 0 fully saturated rings. The molecule has 2 rings (SSSR count). The molecule has 1 nitrogen and oxygen atoms in total. The highest BCUT2D eigenvalue weighted by atomic mass is 35.5. The van der Waals surface area contributed by atoms with E-state index in [9.17, 15) is 4.79 Å². The van der Waals surface area contributed by atoms with E-state index < -0.39 is 0 Å². The Morgan fingerprint density at radius 2 is 1.67 bits per heavy atom.